The third kappa shape index (κ3) is 5.74. The molecule has 1 heterocycles. The van der Waals surface area contributed by atoms with Gasteiger partial charge in [-0.25, -0.2) is 13.1 Å². The molecule has 1 aromatic heterocycles. The lowest BCUT2D eigenvalue weighted by Gasteiger charge is -2.18. The fourth-order valence-corrected chi connectivity index (χ4v) is 4.05. The number of carboxylic acid groups (broad SMARTS) is 1. The quantitative estimate of drug-likeness (QED) is 0.616. The highest BCUT2D eigenvalue weighted by Crippen LogP contribution is 2.15. The van der Waals surface area contributed by atoms with Crippen molar-refractivity contribution in [2.24, 2.45) is 0 Å². The van der Waals surface area contributed by atoms with Crippen LogP contribution in [0.15, 0.2) is 35.2 Å². The Hall–Kier alpha value is -2.52. The Labute approximate surface area is 164 Å². The number of nitrogens with one attached hydrogen (secondary N) is 1. The smallest absolute Gasteiger partial charge is 0.303 e. The molecule has 0 aliphatic heterocycles. The van der Waals surface area contributed by atoms with Gasteiger partial charge in [0.15, 0.2) is 0 Å². The van der Waals surface area contributed by atoms with Gasteiger partial charge in [-0.05, 0) is 51.8 Å². The molecule has 0 aliphatic rings. The Morgan fingerprint density at radius 2 is 1.79 bits per heavy atom. The van der Waals surface area contributed by atoms with Crippen molar-refractivity contribution in [2.45, 2.75) is 57.4 Å². The second kappa shape index (κ2) is 9.11. The van der Waals surface area contributed by atoms with Crippen molar-refractivity contribution in [1.82, 2.24) is 14.5 Å². The maximum atomic E-state index is 12.9. The van der Waals surface area contributed by atoms with E-state index >= 15 is 0 Å². The number of benzene rings is 1. The first-order valence-corrected chi connectivity index (χ1v) is 10.5. The maximum absolute atomic E-state index is 12.9. The van der Waals surface area contributed by atoms with E-state index in [0.717, 1.165) is 5.56 Å². The van der Waals surface area contributed by atoms with Crippen LogP contribution in [-0.2, 0) is 14.8 Å². The summed E-state index contributed by atoms with van der Waals surface area (Å²) in [4.78, 5) is 23.7. The SMILES string of the molecule is Cc1ccc(S(=O)(=O)NC(CCCCC(=O)O)C(=O)n2nc(C)cc2C)cc1. The number of carbonyl (C=O) groups is 2. The molecule has 8 nitrogen and oxygen atoms in total. The standard InChI is InChI=1S/C19H25N3O5S/c1-13-8-10-16(11-9-13)28(26,27)21-17(6-4-5-7-18(23)24)19(25)22-15(3)12-14(2)20-22/h8-12,17,21H,4-7H2,1-3H3,(H,23,24). The number of sulfonamides is 1. The average Bonchev–Trinajstić information content (AvgIpc) is 2.95. The number of aromatic nitrogens is 2. The van der Waals surface area contributed by atoms with Gasteiger partial charge in [0.25, 0.3) is 5.91 Å². The fraction of sp³-hybridized carbons (Fsp3) is 0.421. The lowest BCUT2D eigenvalue weighted by atomic mass is 10.1. The van der Waals surface area contributed by atoms with E-state index in [9.17, 15) is 18.0 Å². The van der Waals surface area contributed by atoms with E-state index in [4.69, 9.17) is 5.11 Å². The van der Waals surface area contributed by atoms with Crippen molar-refractivity contribution in [2.75, 3.05) is 0 Å². The zero-order valence-electron chi connectivity index (χ0n) is 16.2. The molecular weight excluding hydrogens is 382 g/mol. The van der Waals surface area contributed by atoms with Crippen LogP contribution in [-0.4, -0.2) is 41.2 Å². The summed E-state index contributed by atoms with van der Waals surface area (Å²) in [6.07, 6.45) is 0.877. The number of unbranched alkanes of at least 4 members (excludes halogenated alkanes) is 1. The Kier molecular flexibility index (Phi) is 7.09. The third-order valence-electron chi connectivity index (χ3n) is 4.28. The average molecular weight is 407 g/mol. The first-order chi connectivity index (χ1) is 13.1. The van der Waals surface area contributed by atoms with Gasteiger partial charge >= 0.3 is 5.97 Å². The van der Waals surface area contributed by atoms with Gasteiger partial charge in [0.1, 0.15) is 6.04 Å². The van der Waals surface area contributed by atoms with Crippen LogP contribution < -0.4 is 4.72 Å². The van der Waals surface area contributed by atoms with Crippen LogP contribution >= 0.6 is 0 Å². The highest BCUT2D eigenvalue weighted by Gasteiger charge is 2.28. The summed E-state index contributed by atoms with van der Waals surface area (Å²) in [7, 11) is -3.92. The summed E-state index contributed by atoms with van der Waals surface area (Å²) in [6, 6.07) is 7.00. The Morgan fingerprint density at radius 1 is 1.14 bits per heavy atom. The van der Waals surface area contributed by atoms with E-state index in [1.165, 1.54) is 16.8 Å². The topological polar surface area (TPSA) is 118 Å². The molecular formula is C19H25N3O5S. The van der Waals surface area contributed by atoms with Gasteiger partial charge in [0.2, 0.25) is 10.0 Å². The number of hydrogen-bond acceptors (Lipinski definition) is 5. The molecule has 0 saturated heterocycles. The molecule has 2 rings (SSSR count). The predicted molar refractivity (Wildman–Crippen MR) is 104 cm³/mol. The minimum absolute atomic E-state index is 0.0362. The number of rotatable bonds is 9. The minimum atomic E-state index is -3.92. The number of aryl methyl sites for hydroxylation is 3. The molecule has 0 bridgehead atoms. The van der Waals surface area contributed by atoms with Crippen molar-refractivity contribution in [3.8, 4) is 0 Å². The molecule has 1 aromatic carbocycles. The molecule has 1 atom stereocenters. The van der Waals surface area contributed by atoms with Crippen LogP contribution in [0.4, 0.5) is 0 Å². The summed E-state index contributed by atoms with van der Waals surface area (Å²) >= 11 is 0. The maximum Gasteiger partial charge on any atom is 0.303 e. The van der Waals surface area contributed by atoms with E-state index in [0.29, 0.717) is 24.2 Å². The predicted octanol–water partition coefficient (Wildman–Crippen LogP) is 2.44. The van der Waals surface area contributed by atoms with E-state index in [1.54, 1.807) is 32.0 Å². The number of carboxylic acids is 1. The van der Waals surface area contributed by atoms with Crippen LogP contribution in [0.5, 0.6) is 0 Å². The molecule has 152 valence electrons. The van der Waals surface area contributed by atoms with Gasteiger partial charge in [-0.3, -0.25) is 9.59 Å². The Bertz CT molecular complexity index is 948. The second-order valence-corrected chi connectivity index (χ2v) is 8.52. The molecule has 0 amide bonds. The van der Waals surface area contributed by atoms with Gasteiger partial charge in [-0.15, -0.1) is 0 Å². The van der Waals surface area contributed by atoms with Crippen LogP contribution in [0.1, 0.15) is 47.4 Å². The van der Waals surface area contributed by atoms with Gasteiger partial charge in [0, 0.05) is 12.1 Å². The van der Waals surface area contributed by atoms with Crippen LogP contribution in [0.2, 0.25) is 0 Å². The van der Waals surface area contributed by atoms with Crippen molar-refractivity contribution >= 4 is 21.9 Å². The zero-order chi connectivity index (χ0) is 20.9. The lowest BCUT2D eigenvalue weighted by molar-refractivity contribution is -0.137. The first-order valence-electron chi connectivity index (χ1n) is 8.98. The molecule has 0 saturated carbocycles. The molecule has 9 heteroatoms. The van der Waals surface area contributed by atoms with Crippen LogP contribution in [0, 0.1) is 20.8 Å². The van der Waals surface area contributed by atoms with Gasteiger partial charge in [-0.2, -0.15) is 9.82 Å². The lowest BCUT2D eigenvalue weighted by Crippen LogP contribution is -2.43. The fourth-order valence-electron chi connectivity index (χ4n) is 2.83. The van der Waals surface area contributed by atoms with E-state index in [-0.39, 0.29) is 17.7 Å². The molecule has 0 radical (unpaired) electrons. The minimum Gasteiger partial charge on any atom is -0.481 e. The summed E-state index contributed by atoms with van der Waals surface area (Å²) < 4.78 is 29.1. The van der Waals surface area contributed by atoms with E-state index in [2.05, 4.69) is 9.82 Å². The van der Waals surface area contributed by atoms with Gasteiger partial charge in [0.05, 0.1) is 10.6 Å². The second-order valence-electron chi connectivity index (χ2n) is 6.80. The van der Waals surface area contributed by atoms with Crippen molar-refractivity contribution < 1.29 is 23.1 Å². The van der Waals surface area contributed by atoms with Gasteiger partial charge < -0.3 is 5.11 Å². The highest BCUT2D eigenvalue weighted by molar-refractivity contribution is 7.89. The number of carbonyl (C=O) groups excluding carboxylic acids is 1. The van der Waals surface area contributed by atoms with Crippen LogP contribution in [0.25, 0.3) is 0 Å². The van der Waals surface area contributed by atoms with E-state index < -0.39 is 27.9 Å². The zero-order valence-corrected chi connectivity index (χ0v) is 17.0. The van der Waals surface area contributed by atoms with Crippen LogP contribution in [0.3, 0.4) is 0 Å². The van der Waals surface area contributed by atoms with Gasteiger partial charge in [-0.1, -0.05) is 24.1 Å². The molecule has 1 unspecified atom stereocenters. The third-order valence-corrected chi connectivity index (χ3v) is 5.77. The molecule has 0 fully saturated rings. The summed E-state index contributed by atoms with van der Waals surface area (Å²) in [6.45, 7) is 5.31. The summed E-state index contributed by atoms with van der Waals surface area (Å²) in [5.41, 5.74) is 2.17. The Balaban J connectivity index is 2.24. The number of aliphatic carboxylic acids is 1. The normalized spacial score (nSPS) is 12.7. The number of nitrogens with zero attached hydrogens (tertiary/aromatic N) is 2. The molecule has 2 N–H and O–H groups in total. The van der Waals surface area contributed by atoms with Crippen molar-refractivity contribution in [1.29, 1.82) is 0 Å². The highest BCUT2D eigenvalue weighted by atomic mass is 32.2. The van der Waals surface area contributed by atoms with Crippen molar-refractivity contribution in [3.05, 3.63) is 47.3 Å². The van der Waals surface area contributed by atoms with E-state index in [1.807, 2.05) is 6.92 Å². The first kappa shape index (κ1) is 21.8. The summed E-state index contributed by atoms with van der Waals surface area (Å²) in [5, 5.41) is 12.9. The molecule has 2 aromatic rings. The summed E-state index contributed by atoms with van der Waals surface area (Å²) in [5.74, 6) is -1.42. The molecule has 0 spiro atoms. The monoisotopic (exact) mass is 407 g/mol. The molecule has 0 aliphatic carbocycles. The Morgan fingerprint density at radius 3 is 2.32 bits per heavy atom. The number of hydrogen-bond donors (Lipinski definition) is 2. The largest absolute Gasteiger partial charge is 0.481 e. The molecule has 28 heavy (non-hydrogen) atoms. The van der Waals surface area contributed by atoms with Crippen molar-refractivity contribution in [3.63, 3.8) is 0 Å².